The molecule has 0 saturated heterocycles. The van der Waals surface area contributed by atoms with Crippen LogP contribution in [0.15, 0.2) is 24.3 Å². The molecule has 2 rings (SSSR count). The van der Waals surface area contributed by atoms with Crippen molar-refractivity contribution >= 4 is 22.8 Å². The molecule has 1 aromatic heterocycles. The van der Waals surface area contributed by atoms with Gasteiger partial charge in [-0.05, 0) is 26.0 Å². The van der Waals surface area contributed by atoms with E-state index in [4.69, 9.17) is 0 Å². The van der Waals surface area contributed by atoms with E-state index in [1.54, 1.807) is 4.90 Å². The zero-order chi connectivity index (χ0) is 17.7. The standard InChI is InChI=1S/C18H26N4O2/c1-5-21(6-2)17(23)12-22-15-10-8-7-9-14(15)20-16(22)11-19-18(24)13(3)4/h7-10,13H,5-6,11-12H2,1-4H3,(H,19,24). The molecule has 0 unspecified atom stereocenters. The molecule has 0 aliphatic heterocycles. The number of nitrogens with zero attached hydrogens (tertiary/aromatic N) is 3. The fourth-order valence-electron chi connectivity index (χ4n) is 2.62. The summed E-state index contributed by atoms with van der Waals surface area (Å²) in [6.07, 6.45) is 0. The second-order valence-electron chi connectivity index (χ2n) is 6.04. The summed E-state index contributed by atoms with van der Waals surface area (Å²) in [6.45, 7) is 9.55. The van der Waals surface area contributed by atoms with Crippen LogP contribution >= 0.6 is 0 Å². The number of para-hydroxylation sites is 2. The molecule has 2 amide bonds. The van der Waals surface area contributed by atoms with Crippen molar-refractivity contribution < 1.29 is 9.59 Å². The quantitative estimate of drug-likeness (QED) is 0.846. The molecule has 0 fully saturated rings. The largest absolute Gasteiger partial charge is 0.349 e. The van der Waals surface area contributed by atoms with Gasteiger partial charge in [0.2, 0.25) is 11.8 Å². The van der Waals surface area contributed by atoms with Gasteiger partial charge in [0.25, 0.3) is 0 Å². The molecule has 0 atom stereocenters. The molecule has 6 nitrogen and oxygen atoms in total. The fourth-order valence-corrected chi connectivity index (χ4v) is 2.62. The maximum absolute atomic E-state index is 12.5. The first-order chi connectivity index (χ1) is 11.5. The Morgan fingerprint density at radius 1 is 1.21 bits per heavy atom. The predicted molar refractivity (Wildman–Crippen MR) is 94.3 cm³/mol. The Morgan fingerprint density at radius 2 is 1.88 bits per heavy atom. The molecule has 0 aliphatic carbocycles. The lowest BCUT2D eigenvalue weighted by molar-refractivity contribution is -0.131. The molecular weight excluding hydrogens is 304 g/mol. The van der Waals surface area contributed by atoms with Crippen molar-refractivity contribution in [1.82, 2.24) is 19.8 Å². The van der Waals surface area contributed by atoms with Gasteiger partial charge in [-0.2, -0.15) is 0 Å². The lowest BCUT2D eigenvalue weighted by Crippen LogP contribution is -2.34. The number of rotatable bonds is 7. The molecule has 0 bridgehead atoms. The van der Waals surface area contributed by atoms with Crippen molar-refractivity contribution in [2.45, 2.75) is 40.8 Å². The average molecular weight is 330 g/mol. The van der Waals surface area contributed by atoms with Crippen LogP contribution in [0.4, 0.5) is 0 Å². The molecule has 1 heterocycles. The Labute approximate surface area is 142 Å². The summed E-state index contributed by atoms with van der Waals surface area (Å²) in [7, 11) is 0. The summed E-state index contributed by atoms with van der Waals surface area (Å²) in [5, 5.41) is 2.88. The number of carbonyl (C=O) groups excluding carboxylic acids is 2. The van der Waals surface area contributed by atoms with E-state index in [-0.39, 0.29) is 24.3 Å². The number of imidazole rings is 1. The predicted octanol–water partition coefficient (Wildman–Crippen LogP) is 2.18. The number of aromatic nitrogens is 2. The Balaban J connectivity index is 2.29. The van der Waals surface area contributed by atoms with Gasteiger partial charge >= 0.3 is 0 Å². The minimum absolute atomic E-state index is 0.0244. The summed E-state index contributed by atoms with van der Waals surface area (Å²) in [5.41, 5.74) is 1.74. The van der Waals surface area contributed by atoms with E-state index >= 15 is 0 Å². The Kier molecular flexibility index (Phi) is 5.95. The lowest BCUT2D eigenvalue weighted by Gasteiger charge is -2.20. The van der Waals surface area contributed by atoms with Crippen LogP contribution in [0.2, 0.25) is 0 Å². The van der Waals surface area contributed by atoms with Gasteiger partial charge in [-0.1, -0.05) is 26.0 Å². The molecule has 1 aromatic carbocycles. The van der Waals surface area contributed by atoms with Crippen molar-refractivity contribution in [2.24, 2.45) is 5.92 Å². The third-order valence-corrected chi connectivity index (χ3v) is 4.09. The minimum atomic E-state index is -0.0832. The first kappa shape index (κ1) is 18.0. The summed E-state index contributed by atoms with van der Waals surface area (Å²) in [4.78, 5) is 30.7. The topological polar surface area (TPSA) is 67.2 Å². The third-order valence-electron chi connectivity index (χ3n) is 4.09. The number of fused-ring (bicyclic) bond motifs is 1. The van der Waals surface area contributed by atoms with E-state index in [1.807, 2.05) is 56.5 Å². The molecule has 24 heavy (non-hydrogen) atoms. The molecule has 6 heteroatoms. The normalized spacial score (nSPS) is 11.0. The minimum Gasteiger partial charge on any atom is -0.349 e. The van der Waals surface area contributed by atoms with Crippen LogP contribution in [0.3, 0.4) is 0 Å². The molecule has 0 aliphatic rings. The highest BCUT2D eigenvalue weighted by Crippen LogP contribution is 2.16. The van der Waals surface area contributed by atoms with Gasteiger partial charge in [-0.25, -0.2) is 4.98 Å². The highest BCUT2D eigenvalue weighted by Gasteiger charge is 2.17. The highest BCUT2D eigenvalue weighted by atomic mass is 16.2. The zero-order valence-electron chi connectivity index (χ0n) is 14.9. The Hall–Kier alpha value is -2.37. The maximum Gasteiger partial charge on any atom is 0.242 e. The van der Waals surface area contributed by atoms with E-state index in [2.05, 4.69) is 10.3 Å². The lowest BCUT2D eigenvalue weighted by atomic mass is 10.2. The van der Waals surface area contributed by atoms with Crippen molar-refractivity contribution in [2.75, 3.05) is 13.1 Å². The smallest absolute Gasteiger partial charge is 0.242 e. The second kappa shape index (κ2) is 7.95. The SMILES string of the molecule is CCN(CC)C(=O)Cn1c(CNC(=O)C(C)C)nc2ccccc21. The van der Waals surface area contributed by atoms with Crippen LogP contribution in [0.25, 0.3) is 11.0 Å². The number of likely N-dealkylation sites (N-methyl/N-ethyl adjacent to an activating group) is 1. The van der Waals surface area contributed by atoms with E-state index in [9.17, 15) is 9.59 Å². The van der Waals surface area contributed by atoms with Crippen LogP contribution in [0.1, 0.15) is 33.5 Å². The summed E-state index contributed by atoms with van der Waals surface area (Å²) < 4.78 is 1.90. The van der Waals surface area contributed by atoms with Gasteiger partial charge in [0, 0.05) is 19.0 Å². The molecule has 2 aromatic rings. The number of hydrogen-bond acceptors (Lipinski definition) is 3. The third kappa shape index (κ3) is 3.93. The highest BCUT2D eigenvalue weighted by molar-refractivity contribution is 5.81. The van der Waals surface area contributed by atoms with Crippen molar-refractivity contribution in [1.29, 1.82) is 0 Å². The molecular formula is C18H26N4O2. The van der Waals surface area contributed by atoms with Gasteiger partial charge in [0.05, 0.1) is 17.6 Å². The number of benzene rings is 1. The Bertz CT molecular complexity index is 717. The maximum atomic E-state index is 12.5. The van der Waals surface area contributed by atoms with Crippen molar-refractivity contribution in [3.63, 3.8) is 0 Å². The summed E-state index contributed by atoms with van der Waals surface area (Å²) >= 11 is 0. The summed E-state index contributed by atoms with van der Waals surface area (Å²) in [5.74, 6) is 0.647. The van der Waals surface area contributed by atoms with Gasteiger partial charge in [0.1, 0.15) is 12.4 Å². The van der Waals surface area contributed by atoms with Gasteiger partial charge in [0.15, 0.2) is 0 Å². The van der Waals surface area contributed by atoms with E-state index in [0.717, 1.165) is 11.0 Å². The van der Waals surface area contributed by atoms with Crippen molar-refractivity contribution in [3.05, 3.63) is 30.1 Å². The molecule has 0 spiro atoms. The summed E-state index contributed by atoms with van der Waals surface area (Å²) in [6, 6.07) is 7.72. The van der Waals surface area contributed by atoms with Crippen molar-refractivity contribution in [3.8, 4) is 0 Å². The average Bonchev–Trinajstić information content (AvgIpc) is 2.91. The zero-order valence-corrected chi connectivity index (χ0v) is 14.9. The van der Waals surface area contributed by atoms with Crippen LogP contribution in [-0.2, 0) is 22.7 Å². The van der Waals surface area contributed by atoms with Crippen LogP contribution in [-0.4, -0.2) is 39.4 Å². The monoisotopic (exact) mass is 330 g/mol. The number of amides is 2. The van der Waals surface area contributed by atoms with Gasteiger partial charge in [-0.15, -0.1) is 0 Å². The molecule has 130 valence electrons. The number of carbonyl (C=O) groups is 2. The van der Waals surface area contributed by atoms with Gasteiger partial charge < -0.3 is 14.8 Å². The van der Waals surface area contributed by atoms with E-state index < -0.39 is 0 Å². The fraction of sp³-hybridized carbons (Fsp3) is 0.500. The number of hydrogen-bond donors (Lipinski definition) is 1. The first-order valence-corrected chi connectivity index (χ1v) is 8.47. The van der Waals surface area contributed by atoms with Crippen LogP contribution in [0, 0.1) is 5.92 Å². The molecule has 1 N–H and O–H groups in total. The van der Waals surface area contributed by atoms with E-state index in [1.165, 1.54) is 0 Å². The molecule has 0 radical (unpaired) electrons. The van der Waals surface area contributed by atoms with Crippen LogP contribution < -0.4 is 5.32 Å². The second-order valence-corrected chi connectivity index (χ2v) is 6.04. The molecule has 0 saturated carbocycles. The van der Waals surface area contributed by atoms with Gasteiger partial charge in [-0.3, -0.25) is 9.59 Å². The first-order valence-electron chi connectivity index (χ1n) is 8.47. The number of nitrogens with one attached hydrogen (secondary N) is 1. The Morgan fingerprint density at radius 3 is 2.50 bits per heavy atom. The van der Waals surface area contributed by atoms with E-state index in [0.29, 0.717) is 25.5 Å². The van der Waals surface area contributed by atoms with Crippen LogP contribution in [0.5, 0.6) is 0 Å².